The van der Waals surface area contributed by atoms with Gasteiger partial charge in [0.25, 0.3) is 0 Å². The molecule has 0 radical (unpaired) electrons. The van der Waals surface area contributed by atoms with Gasteiger partial charge in [0.1, 0.15) is 12.4 Å². The molecule has 0 saturated heterocycles. The number of anilines is 1. The zero-order valence-corrected chi connectivity index (χ0v) is 11.2. The summed E-state index contributed by atoms with van der Waals surface area (Å²) in [5.41, 5.74) is 0.580. The monoisotopic (exact) mass is 282 g/mol. The Morgan fingerprint density at radius 2 is 2.15 bits per heavy atom. The zero-order valence-electron chi connectivity index (χ0n) is 11.2. The summed E-state index contributed by atoms with van der Waals surface area (Å²) in [6, 6.07) is 6.04. The summed E-state index contributed by atoms with van der Waals surface area (Å²) in [5.74, 6) is -0.968. The van der Waals surface area contributed by atoms with Crippen LogP contribution in [-0.2, 0) is 9.53 Å². The van der Waals surface area contributed by atoms with E-state index in [1.807, 2.05) is 6.92 Å². The van der Waals surface area contributed by atoms with E-state index in [-0.39, 0.29) is 31.5 Å². The SMILES string of the molecule is CCN(C(=O)NCCOCC(=O)O)c1cccc(O)c1. The maximum atomic E-state index is 11.9. The van der Waals surface area contributed by atoms with Gasteiger partial charge in [-0.05, 0) is 19.1 Å². The minimum atomic E-state index is -1.05. The molecule has 3 N–H and O–H groups in total. The lowest BCUT2D eigenvalue weighted by Crippen LogP contribution is -2.41. The van der Waals surface area contributed by atoms with Crippen molar-refractivity contribution >= 4 is 17.7 Å². The molecule has 7 nitrogen and oxygen atoms in total. The average molecular weight is 282 g/mol. The maximum Gasteiger partial charge on any atom is 0.329 e. The van der Waals surface area contributed by atoms with Crippen LogP contribution in [0.1, 0.15) is 6.92 Å². The van der Waals surface area contributed by atoms with Gasteiger partial charge in [-0.1, -0.05) is 6.07 Å². The Morgan fingerprint density at radius 1 is 1.40 bits per heavy atom. The number of rotatable bonds is 7. The van der Waals surface area contributed by atoms with Crippen molar-refractivity contribution in [3.63, 3.8) is 0 Å². The number of ether oxygens (including phenoxy) is 1. The van der Waals surface area contributed by atoms with Crippen molar-refractivity contribution in [2.24, 2.45) is 0 Å². The van der Waals surface area contributed by atoms with Crippen LogP contribution in [0.5, 0.6) is 5.75 Å². The quantitative estimate of drug-likeness (QED) is 0.649. The molecule has 0 aliphatic carbocycles. The predicted molar refractivity (Wildman–Crippen MR) is 73.0 cm³/mol. The molecule has 0 fully saturated rings. The highest BCUT2D eigenvalue weighted by atomic mass is 16.5. The van der Waals surface area contributed by atoms with E-state index in [2.05, 4.69) is 5.32 Å². The van der Waals surface area contributed by atoms with Crippen LogP contribution in [-0.4, -0.2) is 48.5 Å². The molecule has 0 heterocycles. The largest absolute Gasteiger partial charge is 0.508 e. The van der Waals surface area contributed by atoms with Crippen molar-refractivity contribution in [3.8, 4) is 5.75 Å². The first-order chi connectivity index (χ1) is 9.54. The summed E-state index contributed by atoms with van der Waals surface area (Å²) >= 11 is 0. The molecule has 0 aliphatic rings. The fourth-order valence-corrected chi connectivity index (χ4v) is 1.59. The van der Waals surface area contributed by atoms with Gasteiger partial charge in [-0.25, -0.2) is 9.59 Å². The standard InChI is InChI=1S/C13H18N2O5/c1-2-15(10-4-3-5-11(16)8-10)13(19)14-6-7-20-9-12(17)18/h3-5,8,16H,2,6-7,9H2,1H3,(H,14,19)(H,17,18). The molecule has 1 rings (SSSR count). The van der Waals surface area contributed by atoms with Crippen molar-refractivity contribution in [2.75, 3.05) is 31.2 Å². The lowest BCUT2D eigenvalue weighted by molar-refractivity contribution is -0.142. The number of carboxylic acids is 1. The van der Waals surface area contributed by atoms with Crippen molar-refractivity contribution in [3.05, 3.63) is 24.3 Å². The Hall–Kier alpha value is -2.28. The second-order valence-electron chi connectivity index (χ2n) is 3.94. The summed E-state index contributed by atoms with van der Waals surface area (Å²) in [4.78, 5) is 23.6. The summed E-state index contributed by atoms with van der Waals surface area (Å²) in [7, 11) is 0. The molecule has 0 bridgehead atoms. The highest BCUT2D eigenvalue weighted by molar-refractivity contribution is 5.92. The number of aliphatic carboxylic acids is 1. The number of hydrogen-bond acceptors (Lipinski definition) is 4. The number of nitrogens with zero attached hydrogens (tertiary/aromatic N) is 1. The van der Waals surface area contributed by atoms with Gasteiger partial charge in [-0.2, -0.15) is 0 Å². The van der Waals surface area contributed by atoms with Gasteiger partial charge in [0.2, 0.25) is 0 Å². The first-order valence-electron chi connectivity index (χ1n) is 6.18. The predicted octanol–water partition coefficient (Wildman–Crippen LogP) is 1.03. The minimum Gasteiger partial charge on any atom is -0.508 e. The van der Waals surface area contributed by atoms with Gasteiger partial charge in [-0.3, -0.25) is 4.90 Å². The molecule has 0 aliphatic heterocycles. The average Bonchev–Trinajstić information content (AvgIpc) is 2.39. The summed E-state index contributed by atoms with van der Waals surface area (Å²) in [6.45, 7) is 2.19. The second kappa shape index (κ2) is 8.00. The molecule has 0 unspecified atom stereocenters. The van der Waals surface area contributed by atoms with Crippen LogP contribution in [0.25, 0.3) is 0 Å². The lowest BCUT2D eigenvalue weighted by Gasteiger charge is -2.21. The van der Waals surface area contributed by atoms with E-state index in [4.69, 9.17) is 9.84 Å². The number of carbonyl (C=O) groups excluding carboxylic acids is 1. The highest BCUT2D eigenvalue weighted by Crippen LogP contribution is 2.19. The van der Waals surface area contributed by atoms with Gasteiger partial charge in [0.05, 0.1) is 6.61 Å². The molecular weight excluding hydrogens is 264 g/mol. The summed E-state index contributed by atoms with van der Waals surface area (Å²) < 4.78 is 4.81. The molecule has 1 aromatic rings. The number of phenols is 1. The number of benzene rings is 1. The molecule has 1 aromatic carbocycles. The molecular formula is C13H18N2O5. The third kappa shape index (κ3) is 5.15. The number of phenolic OH excluding ortho intramolecular Hbond substituents is 1. The summed E-state index contributed by atoms with van der Waals surface area (Å²) in [6.07, 6.45) is 0. The molecule has 7 heteroatoms. The van der Waals surface area contributed by atoms with Gasteiger partial charge in [-0.15, -0.1) is 0 Å². The minimum absolute atomic E-state index is 0.0820. The van der Waals surface area contributed by atoms with E-state index < -0.39 is 5.97 Å². The number of hydrogen-bond donors (Lipinski definition) is 3. The summed E-state index contributed by atoms with van der Waals surface area (Å²) in [5, 5.41) is 20.4. The van der Waals surface area contributed by atoms with Crippen LogP contribution >= 0.6 is 0 Å². The van der Waals surface area contributed by atoms with E-state index in [1.165, 1.54) is 17.0 Å². The van der Waals surface area contributed by atoms with E-state index in [1.54, 1.807) is 12.1 Å². The Balaban J connectivity index is 2.45. The van der Waals surface area contributed by atoms with Crippen molar-refractivity contribution in [1.29, 1.82) is 0 Å². The maximum absolute atomic E-state index is 11.9. The number of nitrogens with one attached hydrogen (secondary N) is 1. The third-order valence-electron chi connectivity index (χ3n) is 2.45. The molecule has 0 atom stereocenters. The lowest BCUT2D eigenvalue weighted by atomic mass is 10.3. The van der Waals surface area contributed by atoms with E-state index in [9.17, 15) is 14.7 Å². The van der Waals surface area contributed by atoms with E-state index in [0.717, 1.165) is 0 Å². The van der Waals surface area contributed by atoms with E-state index >= 15 is 0 Å². The fraction of sp³-hybridized carbons (Fsp3) is 0.385. The first kappa shape index (κ1) is 15.8. The second-order valence-corrected chi connectivity index (χ2v) is 3.94. The molecule has 2 amide bonds. The topological polar surface area (TPSA) is 99.1 Å². The highest BCUT2D eigenvalue weighted by Gasteiger charge is 2.13. The van der Waals surface area contributed by atoms with Gasteiger partial charge in [0.15, 0.2) is 0 Å². The number of aromatic hydroxyl groups is 1. The number of carboxylic acid groups (broad SMARTS) is 1. The van der Waals surface area contributed by atoms with E-state index in [0.29, 0.717) is 12.2 Å². The van der Waals surface area contributed by atoms with Gasteiger partial charge >= 0.3 is 12.0 Å². The van der Waals surface area contributed by atoms with Crippen molar-refractivity contribution in [2.45, 2.75) is 6.92 Å². The van der Waals surface area contributed by atoms with Crippen LogP contribution < -0.4 is 10.2 Å². The number of amides is 2. The zero-order chi connectivity index (χ0) is 15.0. The molecule has 20 heavy (non-hydrogen) atoms. The Bertz CT molecular complexity index is 464. The van der Waals surface area contributed by atoms with Crippen LogP contribution in [0, 0.1) is 0 Å². The molecule has 0 aromatic heterocycles. The van der Waals surface area contributed by atoms with Gasteiger partial charge in [0, 0.05) is 24.8 Å². The molecule has 0 spiro atoms. The van der Waals surface area contributed by atoms with Crippen LogP contribution in [0.3, 0.4) is 0 Å². The van der Waals surface area contributed by atoms with Crippen LogP contribution in [0.2, 0.25) is 0 Å². The van der Waals surface area contributed by atoms with Gasteiger partial charge < -0.3 is 20.3 Å². The van der Waals surface area contributed by atoms with Crippen LogP contribution in [0.15, 0.2) is 24.3 Å². The smallest absolute Gasteiger partial charge is 0.329 e. The first-order valence-corrected chi connectivity index (χ1v) is 6.18. The van der Waals surface area contributed by atoms with Crippen LogP contribution in [0.4, 0.5) is 10.5 Å². The fourth-order valence-electron chi connectivity index (χ4n) is 1.59. The Morgan fingerprint density at radius 3 is 2.75 bits per heavy atom. The number of carbonyl (C=O) groups is 2. The normalized spacial score (nSPS) is 10.1. The molecule has 110 valence electrons. The van der Waals surface area contributed by atoms with Crippen molar-refractivity contribution < 1.29 is 24.5 Å². The third-order valence-corrected chi connectivity index (χ3v) is 2.45. The molecule has 0 saturated carbocycles. The number of urea groups is 1. The Labute approximate surface area is 116 Å². The van der Waals surface area contributed by atoms with Crippen molar-refractivity contribution in [1.82, 2.24) is 5.32 Å². The Kier molecular flexibility index (Phi) is 6.31.